The van der Waals surface area contributed by atoms with Gasteiger partial charge in [-0.2, -0.15) is 8.78 Å². The number of nitrogens with one attached hydrogen (secondary N) is 2. The number of methoxy groups -OCH3 is 1. The summed E-state index contributed by atoms with van der Waals surface area (Å²) in [6, 6.07) is 3.07. The zero-order valence-corrected chi connectivity index (χ0v) is 18.2. The first-order chi connectivity index (χ1) is 15.1. The van der Waals surface area contributed by atoms with E-state index in [1.807, 2.05) is 6.92 Å². The second kappa shape index (κ2) is 11.9. The Hall–Kier alpha value is -2.33. The molecule has 10 heteroatoms. The van der Waals surface area contributed by atoms with Crippen molar-refractivity contribution in [3.63, 3.8) is 0 Å². The molecule has 1 fully saturated rings. The predicted octanol–water partition coefficient (Wildman–Crippen LogP) is 2.43. The smallest absolute Gasteiger partial charge is 0.387 e. The molecule has 2 heterocycles. The van der Waals surface area contributed by atoms with Crippen molar-refractivity contribution in [2.75, 3.05) is 53.2 Å². The SMILES string of the molecule is CCNC(=NCc1cc2c(cc1OC(F)F)OCO2)NCC1CCN(CCOC)CC1. The van der Waals surface area contributed by atoms with Crippen LogP contribution >= 0.6 is 0 Å². The Morgan fingerprint density at radius 3 is 2.65 bits per heavy atom. The highest BCUT2D eigenvalue weighted by atomic mass is 19.3. The third kappa shape index (κ3) is 7.10. The fraction of sp³-hybridized carbons (Fsp3) is 0.667. The average Bonchev–Trinajstić information content (AvgIpc) is 3.21. The summed E-state index contributed by atoms with van der Waals surface area (Å²) in [4.78, 5) is 6.98. The molecule has 3 rings (SSSR count). The van der Waals surface area contributed by atoms with Gasteiger partial charge in [-0.1, -0.05) is 0 Å². The summed E-state index contributed by atoms with van der Waals surface area (Å²) in [5.41, 5.74) is 0.508. The van der Waals surface area contributed by atoms with E-state index < -0.39 is 6.61 Å². The van der Waals surface area contributed by atoms with Gasteiger partial charge in [-0.3, -0.25) is 0 Å². The summed E-state index contributed by atoms with van der Waals surface area (Å²) in [6.07, 6.45) is 2.23. The number of hydrogen-bond donors (Lipinski definition) is 2. The summed E-state index contributed by atoms with van der Waals surface area (Å²) in [5, 5.41) is 6.59. The molecule has 8 nitrogen and oxygen atoms in total. The molecule has 1 aromatic rings. The van der Waals surface area contributed by atoms with E-state index in [9.17, 15) is 8.78 Å². The summed E-state index contributed by atoms with van der Waals surface area (Å²) >= 11 is 0. The van der Waals surface area contributed by atoms with Gasteiger partial charge in [-0.15, -0.1) is 0 Å². The predicted molar refractivity (Wildman–Crippen MR) is 113 cm³/mol. The van der Waals surface area contributed by atoms with Crippen LogP contribution in [0.4, 0.5) is 8.78 Å². The van der Waals surface area contributed by atoms with Crippen molar-refractivity contribution in [2.24, 2.45) is 10.9 Å². The van der Waals surface area contributed by atoms with Crippen LogP contribution in [0, 0.1) is 5.92 Å². The molecule has 0 amide bonds. The first-order valence-electron chi connectivity index (χ1n) is 10.7. The van der Waals surface area contributed by atoms with Crippen LogP contribution < -0.4 is 24.8 Å². The number of benzene rings is 1. The summed E-state index contributed by atoms with van der Waals surface area (Å²) in [5.74, 6) is 2.15. The van der Waals surface area contributed by atoms with E-state index in [-0.39, 0.29) is 19.1 Å². The van der Waals surface area contributed by atoms with Crippen molar-refractivity contribution >= 4 is 5.96 Å². The number of piperidine rings is 1. The number of ether oxygens (including phenoxy) is 4. The van der Waals surface area contributed by atoms with Crippen molar-refractivity contribution in [1.82, 2.24) is 15.5 Å². The molecule has 0 aromatic heterocycles. The number of rotatable bonds is 10. The van der Waals surface area contributed by atoms with Crippen LogP contribution in [0.2, 0.25) is 0 Å². The number of likely N-dealkylation sites (tertiary alicyclic amines) is 1. The molecule has 0 radical (unpaired) electrons. The van der Waals surface area contributed by atoms with Gasteiger partial charge in [0.1, 0.15) is 5.75 Å². The number of guanidine groups is 1. The lowest BCUT2D eigenvalue weighted by atomic mass is 9.97. The molecule has 174 valence electrons. The molecule has 31 heavy (non-hydrogen) atoms. The van der Waals surface area contributed by atoms with Crippen LogP contribution in [-0.2, 0) is 11.3 Å². The van der Waals surface area contributed by atoms with Gasteiger partial charge >= 0.3 is 6.61 Å². The molecule has 2 aliphatic rings. The molecule has 1 aromatic carbocycles. The van der Waals surface area contributed by atoms with E-state index in [0.29, 0.717) is 35.5 Å². The topological polar surface area (TPSA) is 76.6 Å². The summed E-state index contributed by atoms with van der Waals surface area (Å²) in [6.45, 7) is 4.66. The van der Waals surface area contributed by atoms with Gasteiger partial charge in [-0.05, 0) is 44.8 Å². The maximum atomic E-state index is 12.8. The van der Waals surface area contributed by atoms with E-state index in [1.165, 1.54) is 6.07 Å². The molecule has 2 aliphatic heterocycles. The second-order valence-corrected chi connectivity index (χ2v) is 7.55. The monoisotopic (exact) mass is 442 g/mol. The number of nitrogens with zero attached hydrogens (tertiary/aromatic N) is 2. The maximum absolute atomic E-state index is 12.8. The van der Waals surface area contributed by atoms with Gasteiger partial charge in [-0.25, -0.2) is 4.99 Å². The Labute approximate surface area is 181 Å². The second-order valence-electron chi connectivity index (χ2n) is 7.55. The van der Waals surface area contributed by atoms with E-state index >= 15 is 0 Å². The highest BCUT2D eigenvalue weighted by Crippen LogP contribution is 2.39. The number of fused-ring (bicyclic) bond motifs is 1. The largest absolute Gasteiger partial charge is 0.454 e. The lowest BCUT2D eigenvalue weighted by molar-refractivity contribution is -0.0505. The van der Waals surface area contributed by atoms with E-state index in [0.717, 1.165) is 45.6 Å². The molecule has 0 aliphatic carbocycles. The van der Waals surface area contributed by atoms with E-state index in [2.05, 4.69) is 25.3 Å². The Morgan fingerprint density at radius 1 is 1.23 bits per heavy atom. The third-order valence-electron chi connectivity index (χ3n) is 5.40. The fourth-order valence-electron chi connectivity index (χ4n) is 3.68. The molecular weight excluding hydrogens is 410 g/mol. The Morgan fingerprint density at radius 2 is 1.97 bits per heavy atom. The van der Waals surface area contributed by atoms with Crippen molar-refractivity contribution in [2.45, 2.75) is 32.9 Å². The van der Waals surface area contributed by atoms with Crippen LogP contribution in [0.5, 0.6) is 17.2 Å². The highest BCUT2D eigenvalue weighted by molar-refractivity contribution is 5.79. The standard InChI is InChI=1S/C21H32F2N4O4/c1-3-24-21(25-12-15-4-6-27(7-5-15)8-9-28-2)26-13-16-10-18-19(30-14-29-18)11-17(16)31-20(22)23/h10-11,15,20H,3-9,12-14H2,1-2H3,(H2,24,25,26). The van der Waals surface area contributed by atoms with Gasteiger partial charge in [0.25, 0.3) is 0 Å². The minimum Gasteiger partial charge on any atom is -0.454 e. The Balaban J connectivity index is 1.57. The number of aliphatic imine (C=N–C) groups is 1. The van der Waals surface area contributed by atoms with Crippen LogP contribution in [0.3, 0.4) is 0 Å². The van der Waals surface area contributed by atoms with E-state index in [1.54, 1.807) is 13.2 Å². The van der Waals surface area contributed by atoms with Crippen LogP contribution in [-0.4, -0.2) is 70.7 Å². The molecule has 0 atom stereocenters. The molecule has 2 N–H and O–H groups in total. The maximum Gasteiger partial charge on any atom is 0.387 e. The summed E-state index contributed by atoms with van der Waals surface area (Å²) in [7, 11) is 1.73. The zero-order chi connectivity index (χ0) is 22.1. The third-order valence-corrected chi connectivity index (χ3v) is 5.40. The zero-order valence-electron chi connectivity index (χ0n) is 18.2. The normalized spacial score (nSPS) is 17.3. The molecule has 0 bridgehead atoms. The lowest BCUT2D eigenvalue weighted by Crippen LogP contribution is -2.43. The van der Waals surface area contributed by atoms with Crippen molar-refractivity contribution in [1.29, 1.82) is 0 Å². The molecule has 0 saturated carbocycles. The number of halogens is 2. The Bertz CT molecular complexity index is 728. The lowest BCUT2D eigenvalue weighted by Gasteiger charge is -2.32. The number of hydrogen-bond acceptors (Lipinski definition) is 6. The summed E-state index contributed by atoms with van der Waals surface area (Å²) < 4.78 is 46.1. The Kier molecular flexibility index (Phi) is 8.96. The van der Waals surface area contributed by atoms with E-state index in [4.69, 9.17) is 14.2 Å². The van der Waals surface area contributed by atoms with Crippen molar-refractivity contribution in [3.05, 3.63) is 17.7 Å². The first kappa shape index (κ1) is 23.3. The molecular formula is C21H32F2N4O4. The van der Waals surface area contributed by atoms with Gasteiger partial charge in [0.15, 0.2) is 17.5 Å². The number of alkyl halides is 2. The highest BCUT2D eigenvalue weighted by Gasteiger charge is 2.21. The minimum absolute atomic E-state index is 0.0438. The fourth-order valence-corrected chi connectivity index (χ4v) is 3.68. The van der Waals surface area contributed by atoms with Gasteiger partial charge < -0.3 is 34.5 Å². The van der Waals surface area contributed by atoms with Crippen molar-refractivity contribution in [3.8, 4) is 17.2 Å². The molecule has 1 saturated heterocycles. The first-order valence-corrected chi connectivity index (χ1v) is 10.7. The molecule has 0 unspecified atom stereocenters. The van der Waals surface area contributed by atoms with Crippen LogP contribution in [0.1, 0.15) is 25.3 Å². The quantitative estimate of drug-likeness (QED) is 0.426. The van der Waals surface area contributed by atoms with Gasteiger partial charge in [0.2, 0.25) is 6.79 Å². The van der Waals surface area contributed by atoms with Crippen LogP contribution in [0.25, 0.3) is 0 Å². The molecule has 0 spiro atoms. The van der Waals surface area contributed by atoms with Gasteiger partial charge in [0, 0.05) is 38.4 Å². The minimum atomic E-state index is -2.93. The van der Waals surface area contributed by atoms with Gasteiger partial charge in [0.05, 0.1) is 13.2 Å². The van der Waals surface area contributed by atoms with Crippen LogP contribution in [0.15, 0.2) is 17.1 Å². The average molecular weight is 443 g/mol. The van der Waals surface area contributed by atoms with Crippen molar-refractivity contribution < 1.29 is 27.7 Å².